The molecule has 50 heteroatoms. The van der Waals surface area contributed by atoms with Gasteiger partial charge in [-0.05, 0) is 115 Å². The van der Waals surface area contributed by atoms with Crippen LogP contribution in [0.2, 0.25) is 0 Å². The molecule has 13 fully saturated rings. The highest BCUT2D eigenvalue weighted by atomic mass is 32.2. The van der Waals surface area contributed by atoms with Crippen LogP contribution < -0.4 is 47.9 Å². The second-order valence-electron chi connectivity index (χ2n) is 36.8. The summed E-state index contributed by atoms with van der Waals surface area (Å²) in [5.74, 6) is -14.8. The van der Waals surface area contributed by atoms with Crippen LogP contribution in [0.15, 0.2) is 0 Å². The van der Waals surface area contributed by atoms with E-state index >= 15 is 0 Å². The maximum absolute atomic E-state index is 14.5. The third-order valence-electron chi connectivity index (χ3n) is 27.8. The Morgan fingerprint density at radius 3 is 0.784 bits per heavy atom. The fourth-order valence-corrected chi connectivity index (χ4v) is 21.7. The van der Waals surface area contributed by atoms with Gasteiger partial charge in [0.15, 0.2) is 0 Å². The maximum Gasteiger partial charge on any atom is 0.322 e. The number of carbonyl (C=O) groups excluding carboxylic acids is 20. The summed E-state index contributed by atoms with van der Waals surface area (Å²) < 4.78 is 0. The van der Waals surface area contributed by atoms with E-state index in [1.165, 1.54) is 46.1 Å². The van der Waals surface area contributed by atoms with Gasteiger partial charge in [0.25, 0.3) is 0 Å². The van der Waals surface area contributed by atoms with Crippen LogP contribution in [0.5, 0.6) is 0 Å². The number of hydrogen-bond donors (Lipinski definition) is 16. The van der Waals surface area contributed by atoms with Crippen molar-refractivity contribution >= 4 is 136 Å². The van der Waals surface area contributed by atoms with Crippen LogP contribution in [0.3, 0.4) is 0 Å². The quantitative estimate of drug-likeness (QED) is 0.0297. The minimum absolute atomic E-state index is 0.0230. The van der Waals surface area contributed by atoms with Crippen molar-refractivity contribution in [3.63, 3.8) is 0 Å². The number of aliphatic carboxylic acids is 1. The molecule has 13 rings (SSSR count). The van der Waals surface area contributed by atoms with Crippen LogP contribution in [0, 0.1) is 0 Å². The molecule has 0 aromatic heterocycles. The van der Waals surface area contributed by atoms with E-state index < -0.39 is 285 Å². The number of nitrogens with one attached hydrogen (secondary N) is 9. The van der Waals surface area contributed by atoms with E-state index in [0.717, 1.165) is 24.5 Å². The van der Waals surface area contributed by atoms with Crippen molar-refractivity contribution in [2.24, 2.45) is 0 Å². The average Bonchev–Trinajstić information content (AvgIpc) is 1.81. The number of carboxylic acid groups (broad SMARTS) is 1. The number of rotatable bonds is 32. The first-order chi connectivity index (χ1) is 64.0. The minimum atomic E-state index is -1.33. The number of carbonyl (C=O) groups is 21. The highest BCUT2D eigenvalue weighted by Crippen LogP contribution is 2.34. The Kier molecular flexibility index (Phi) is 33.4. The highest BCUT2D eigenvalue weighted by Gasteiger charge is 2.53. The van der Waals surface area contributed by atoms with Crippen molar-refractivity contribution in [2.75, 3.05) is 143 Å². The first-order valence-corrected chi connectivity index (χ1v) is 47.8. The largest absolute Gasteiger partial charge is 0.480 e. The Labute approximate surface area is 774 Å². The van der Waals surface area contributed by atoms with E-state index in [1.54, 1.807) is 6.26 Å². The number of carboxylic acids is 1. The van der Waals surface area contributed by atoms with Crippen molar-refractivity contribution in [1.82, 2.24) is 107 Å². The first kappa shape index (κ1) is 100. The standard InChI is InChI=1S/C84H123N21O28S/c1-134-24-16-50(78(127)94-17-2-10-53(94)77(126)92-38-70(118)119)93-64(112)32-86-71(120)54-11-4-19-96(54)80(129)59-26-45(107)39-101(59)66(114)34-88-73(122)56-13-6-21-98(56)82(131)61-28-47(109)41-103(61)68(116)36-90-75(124)58-15-8-23-100(58)84(133)63-30-49(111)43-105(63)69(117)37-91-76(125)57-14-7-22-99(57)83(132)62-29-48(110)42-104(62)67(115)35-89-74(123)55-12-5-20-97(55)81(130)60-27-46(108)40-102(60)65(113)33-87-72(121)52-9-3-18-95(52)79(128)51-25-44(106)31-85-51/h44-63,85,106-111H,2-43H2,1H3,(H,86,120)(H,87,121)(H,88,122)(H,89,123)(H,90,124)(H,91,125)(H,92,126)(H,93,112)(H,118,119)/t44-,45-,46-,47-,48-,49-,50+,51+,52+,53+,54+,55+,56+,57+,58+,59+,60+,61+,62+,63+/m1/s1. The topological polar surface area (TPSA) is 647 Å². The Balaban J connectivity index is 0.535. The lowest BCUT2D eigenvalue weighted by atomic mass is 10.1. The zero-order chi connectivity index (χ0) is 96.4. The molecule has 16 N–H and O–H groups in total. The fraction of sp³-hybridized carbons (Fsp3) is 0.750. The minimum Gasteiger partial charge on any atom is -0.480 e. The van der Waals surface area contributed by atoms with Crippen LogP contribution in [0.1, 0.15) is 135 Å². The smallest absolute Gasteiger partial charge is 0.322 e. The number of aliphatic hydroxyl groups excluding tert-OH is 6. The van der Waals surface area contributed by atoms with E-state index in [0.29, 0.717) is 63.7 Å². The summed E-state index contributed by atoms with van der Waals surface area (Å²) in [6.07, 6.45) is -1.66. The molecule has 134 heavy (non-hydrogen) atoms. The molecule has 738 valence electrons. The number of hydrogen-bond acceptors (Lipinski definition) is 29. The molecule has 13 saturated heterocycles. The molecule has 0 radical (unpaired) electrons. The monoisotopic (exact) mass is 1910 g/mol. The van der Waals surface area contributed by atoms with Crippen LogP contribution in [-0.4, -0.2) is 483 Å². The molecule has 20 amide bonds. The second kappa shape index (κ2) is 44.6. The van der Waals surface area contributed by atoms with Gasteiger partial charge in [0, 0.05) is 117 Å². The molecule has 13 aliphatic rings. The van der Waals surface area contributed by atoms with Gasteiger partial charge in [0.1, 0.15) is 85.1 Å². The second-order valence-corrected chi connectivity index (χ2v) is 37.7. The Bertz CT molecular complexity index is 4540. The third kappa shape index (κ3) is 23.0. The molecule has 13 aliphatic heterocycles. The summed E-state index contributed by atoms with van der Waals surface area (Å²) in [4.78, 5) is 304. The van der Waals surface area contributed by atoms with Gasteiger partial charge in [-0.15, -0.1) is 0 Å². The molecule has 49 nitrogen and oxygen atoms in total. The van der Waals surface area contributed by atoms with E-state index in [2.05, 4.69) is 47.9 Å². The summed E-state index contributed by atoms with van der Waals surface area (Å²) in [6, 6.07) is -15.8. The molecule has 0 spiro atoms. The van der Waals surface area contributed by atoms with Crippen molar-refractivity contribution in [2.45, 2.75) is 256 Å². The van der Waals surface area contributed by atoms with Crippen LogP contribution >= 0.6 is 11.8 Å². The van der Waals surface area contributed by atoms with Crippen molar-refractivity contribution < 1.29 is 136 Å². The van der Waals surface area contributed by atoms with Crippen molar-refractivity contribution in [3.8, 4) is 0 Å². The fourth-order valence-electron chi connectivity index (χ4n) is 21.2. The summed E-state index contributed by atoms with van der Waals surface area (Å²) in [5.41, 5.74) is 0. The predicted octanol–water partition coefficient (Wildman–Crippen LogP) is -12.4. The van der Waals surface area contributed by atoms with Gasteiger partial charge in [-0.1, -0.05) is 0 Å². The lowest BCUT2D eigenvalue weighted by molar-refractivity contribution is -0.148. The number of nitrogens with zero attached hydrogens (tertiary/aromatic N) is 12. The first-order valence-electron chi connectivity index (χ1n) is 46.4. The number of likely N-dealkylation sites (tertiary alicyclic amines) is 12. The Morgan fingerprint density at radius 2 is 0.537 bits per heavy atom. The van der Waals surface area contributed by atoms with Gasteiger partial charge < -0.3 is 142 Å². The molecule has 0 bridgehead atoms. The van der Waals surface area contributed by atoms with Crippen LogP contribution in [-0.2, 0) is 101 Å². The van der Waals surface area contributed by atoms with Gasteiger partial charge in [-0.3, -0.25) is 101 Å². The zero-order valence-electron chi connectivity index (χ0n) is 74.7. The predicted molar refractivity (Wildman–Crippen MR) is 460 cm³/mol. The molecular weight excluding hydrogens is 1780 g/mol. The number of thioether (sulfide) groups is 1. The summed E-state index contributed by atoms with van der Waals surface area (Å²) in [5, 5.41) is 96.4. The molecular formula is C84H123N21O28S. The molecule has 0 aliphatic carbocycles. The number of amides is 20. The third-order valence-corrected chi connectivity index (χ3v) is 28.5. The average molecular weight is 1910 g/mol. The lowest BCUT2D eigenvalue weighted by Crippen LogP contribution is -2.57. The molecule has 0 saturated carbocycles. The van der Waals surface area contributed by atoms with E-state index in [1.807, 2.05) is 0 Å². The van der Waals surface area contributed by atoms with Gasteiger partial charge in [-0.2, -0.15) is 11.8 Å². The Morgan fingerprint density at radius 1 is 0.299 bits per heavy atom. The molecule has 0 aromatic carbocycles. The Hall–Kier alpha value is -11.1. The summed E-state index contributed by atoms with van der Waals surface area (Å²) >= 11 is 1.40. The van der Waals surface area contributed by atoms with Gasteiger partial charge in [-0.25, -0.2) is 0 Å². The van der Waals surface area contributed by atoms with E-state index in [4.69, 9.17) is 5.11 Å². The molecule has 20 atom stereocenters. The molecule has 13 heterocycles. The van der Waals surface area contributed by atoms with E-state index in [9.17, 15) is 131 Å². The SMILES string of the molecule is CSCC[C@H](NC(=O)CNC(=O)[C@@H]1CCCN1C(=O)[C@@H]1C[C@@H](O)CN1C(=O)CNC(=O)[C@@H]1CCCN1C(=O)[C@@H]1C[C@@H](O)CN1C(=O)CNC(=O)[C@@H]1CCCN1C(=O)[C@@H]1C[C@@H](O)CN1C(=O)CNC(=O)[C@@H]1CCCN1C(=O)[C@@H]1C[C@@H](O)CN1C(=O)CNC(=O)[C@@H]1CCCN1C(=O)[C@@H]1C[C@@H](O)CN1C(=O)CNC(=O)[C@@H]1CCCN1C(=O)[C@@H]1C[C@@H](O)CN1)C(=O)N1CCC[C@H]1C(=O)NCC(=O)O. The highest BCUT2D eigenvalue weighted by molar-refractivity contribution is 7.98. The van der Waals surface area contributed by atoms with Gasteiger partial charge in [0.2, 0.25) is 118 Å². The van der Waals surface area contributed by atoms with Crippen LogP contribution in [0.4, 0.5) is 0 Å². The maximum atomic E-state index is 14.5. The molecule has 0 aromatic rings. The van der Waals surface area contributed by atoms with E-state index in [-0.39, 0.29) is 168 Å². The lowest BCUT2D eigenvalue weighted by Gasteiger charge is -2.32. The molecule has 0 unspecified atom stereocenters. The summed E-state index contributed by atoms with van der Waals surface area (Å²) in [6.45, 7) is -5.20. The van der Waals surface area contributed by atoms with Gasteiger partial charge in [0.05, 0.1) is 81.9 Å². The summed E-state index contributed by atoms with van der Waals surface area (Å²) in [7, 11) is 0. The normalized spacial score (nSPS) is 29.7. The van der Waals surface area contributed by atoms with Gasteiger partial charge >= 0.3 is 5.97 Å². The zero-order valence-corrected chi connectivity index (χ0v) is 75.5. The van der Waals surface area contributed by atoms with Crippen LogP contribution in [0.25, 0.3) is 0 Å². The van der Waals surface area contributed by atoms with Crippen molar-refractivity contribution in [3.05, 3.63) is 0 Å². The number of β-amino-alcohol motifs (C(OH)–C–C–N with tert-alkyl or cyclic N) is 6. The number of aliphatic hydroxyl groups is 6. The van der Waals surface area contributed by atoms with Crippen molar-refractivity contribution in [1.29, 1.82) is 0 Å².